The van der Waals surface area contributed by atoms with Crippen LogP contribution in [-0.4, -0.2) is 19.1 Å². The number of benzene rings is 9. The number of fused-ring (bicyclic) bond motifs is 16. The Morgan fingerprint density at radius 2 is 1.03 bits per heavy atom. The molecular formula is C56H32N4O. The fourth-order valence-electron chi connectivity index (χ4n) is 10.3. The molecule has 5 heterocycles. The lowest BCUT2D eigenvalue weighted by Crippen LogP contribution is -2.03. The summed E-state index contributed by atoms with van der Waals surface area (Å²) in [5, 5.41) is 8.12. The Balaban J connectivity index is 1.13. The second-order valence-electron chi connectivity index (χ2n) is 16.1. The molecule has 4 aromatic heterocycles. The minimum atomic E-state index is 0.516. The van der Waals surface area contributed by atoms with E-state index in [1.165, 1.54) is 71.5 Å². The van der Waals surface area contributed by atoms with Crippen molar-refractivity contribution in [1.82, 2.24) is 19.1 Å². The molecule has 1 aliphatic rings. The van der Waals surface area contributed by atoms with Crippen molar-refractivity contribution in [3.8, 4) is 56.1 Å². The number of furan rings is 1. The molecule has 5 nitrogen and oxygen atoms in total. The molecule has 0 spiro atoms. The van der Waals surface area contributed by atoms with Crippen molar-refractivity contribution in [2.45, 2.75) is 0 Å². The molecule has 282 valence electrons. The van der Waals surface area contributed by atoms with Gasteiger partial charge in [0.2, 0.25) is 5.71 Å². The Kier molecular flexibility index (Phi) is 6.49. The molecular weight excluding hydrogens is 745 g/mol. The van der Waals surface area contributed by atoms with Gasteiger partial charge in [-0.05, 0) is 69.4 Å². The number of rotatable bonds is 3. The minimum absolute atomic E-state index is 0.516. The van der Waals surface area contributed by atoms with Crippen LogP contribution in [0, 0.1) is 0 Å². The molecule has 61 heavy (non-hydrogen) atoms. The molecule has 0 amide bonds. The Labute approximate surface area is 349 Å². The summed E-state index contributed by atoms with van der Waals surface area (Å²) in [6, 6.07) is 69.7. The maximum Gasteiger partial charge on any atom is 0.247 e. The van der Waals surface area contributed by atoms with E-state index in [1.54, 1.807) is 0 Å². The van der Waals surface area contributed by atoms with Crippen molar-refractivity contribution in [2.24, 2.45) is 0 Å². The molecule has 14 rings (SSSR count). The number of para-hydroxylation sites is 4. The van der Waals surface area contributed by atoms with E-state index in [2.05, 4.69) is 185 Å². The summed E-state index contributed by atoms with van der Waals surface area (Å²) in [6.45, 7) is 0. The summed E-state index contributed by atoms with van der Waals surface area (Å²) in [7, 11) is 0. The first-order valence-corrected chi connectivity index (χ1v) is 20.8. The highest BCUT2D eigenvalue weighted by atomic mass is 16.3. The Morgan fingerprint density at radius 1 is 0.410 bits per heavy atom. The third kappa shape index (κ3) is 4.44. The van der Waals surface area contributed by atoms with E-state index in [0.29, 0.717) is 5.71 Å². The maximum absolute atomic E-state index is 6.45. The highest BCUT2D eigenvalue weighted by Crippen LogP contribution is 2.52. The van der Waals surface area contributed by atoms with Crippen LogP contribution in [0.15, 0.2) is 199 Å². The molecule has 0 aliphatic carbocycles. The quantitative estimate of drug-likeness (QED) is 0.180. The fourth-order valence-corrected chi connectivity index (χ4v) is 10.3. The van der Waals surface area contributed by atoms with Crippen LogP contribution in [0.5, 0.6) is 0 Å². The average Bonchev–Trinajstić information content (AvgIpc) is 3.94. The van der Waals surface area contributed by atoms with Crippen molar-refractivity contribution < 1.29 is 4.42 Å². The van der Waals surface area contributed by atoms with Crippen molar-refractivity contribution in [1.29, 1.82) is 0 Å². The molecule has 0 radical (unpaired) electrons. The van der Waals surface area contributed by atoms with Crippen LogP contribution >= 0.6 is 0 Å². The van der Waals surface area contributed by atoms with E-state index < -0.39 is 0 Å². The van der Waals surface area contributed by atoms with Gasteiger partial charge in [0.1, 0.15) is 16.8 Å². The van der Waals surface area contributed by atoms with Crippen LogP contribution in [0.1, 0.15) is 0 Å². The van der Waals surface area contributed by atoms with E-state index in [9.17, 15) is 0 Å². The van der Waals surface area contributed by atoms with E-state index in [4.69, 9.17) is 14.4 Å². The van der Waals surface area contributed by atoms with Gasteiger partial charge < -0.3 is 8.98 Å². The second kappa shape index (κ2) is 12.1. The highest BCUT2D eigenvalue weighted by Gasteiger charge is 2.30. The minimum Gasteiger partial charge on any atom is -0.436 e. The standard InChI is InChI=1S/C56H32N4O/c1-2-16-36-33(14-1)15-13-23-37(36)34-28-30-35(31-29-34)52-55(57-53-43-22-8-12-27-49(43)61-56(53)58-52)60-47-26-11-7-21-42(47)50-48(60)32-44-40-19-6-10-25-46(40)59-45-24-9-5-18-39(45)38-17-3-4-20-41(38)51(50)54(44)59/h1-32H. The second-order valence-corrected chi connectivity index (χ2v) is 16.1. The molecule has 0 bridgehead atoms. The predicted molar refractivity (Wildman–Crippen MR) is 251 cm³/mol. The van der Waals surface area contributed by atoms with Crippen molar-refractivity contribution in [3.63, 3.8) is 0 Å². The van der Waals surface area contributed by atoms with Gasteiger partial charge in [-0.25, -0.2) is 9.97 Å². The first-order chi connectivity index (χ1) is 30.3. The van der Waals surface area contributed by atoms with Gasteiger partial charge in [0, 0.05) is 43.6 Å². The zero-order chi connectivity index (χ0) is 39.8. The first kappa shape index (κ1) is 32.7. The zero-order valence-electron chi connectivity index (χ0n) is 32.7. The van der Waals surface area contributed by atoms with Crippen LogP contribution in [0.4, 0.5) is 0 Å². The molecule has 0 saturated carbocycles. The molecule has 5 heteroatoms. The molecule has 1 aliphatic heterocycles. The average molecular weight is 777 g/mol. The topological polar surface area (TPSA) is 48.8 Å². The summed E-state index contributed by atoms with van der Waals surface area (Å²) >= 11 is 0. The lowest BCUT2D eigenvalue weighted by Gasteiger charge is -2.14. The fraction of sp³-hybridized carbons (Fsp3) is 0. The largest absolute Gasteiger partial charge is 0.436 e. The van der Waals surface area contributed by atoms with Gasteiger partial charge in [0.25, 0.3) is 0 Å². The third-order valence-corrected chi connectivity index (χ3v) is 12.9. The summed E-state index contributed by atoms with van der Waals surface area (Å²) in [6.07, 6.45) is 0. The first-order valence-electron chi connectivity index (χ1n) is 20.8. The van der Waals surface area contributed by atoms with Gasteiger partial charge in [0.05, 0.1) is 27.8 Å². The number of hydrogen-bond acceptors (Lipinski definition) is 3. The van der Waals surface area contributed by atoms with Gasteiger partial charge in [-0.15, -0.1) is 0 Å². The zero-order valence-corrected chi connectivity index (χ0v) is 32.7. The number of nitrogens with zero attached hydrogens (tertiary/aromatic N) is 4. The monoisotopic (exact) mass is 776 g/mol. The smallest absolute Gasteiger partial charge is 0.247 e. The van der Waals surface area contributed by atoms with E-state index in [-0.39, 0.29) is 0 Å². The lowest BCUT2D eigenvalue weighted by atomic mass is 9.91. The summed E-state index contributed by atoms with van der Waals surface area (Å²) in [4.78, 5) is 11.0. The molecule has 0 N–H and O–H groups in total. The summed E-state index contributed by atoms with van der Waals surface area (Å²) < 4.78 is 11.3. The van der Waals surface area contributed by atoms with Gasteiger partial charge in [0.15, 0.2) is 5.82 Å². The van der Waals surface area contributed by atoms with Crippen molar-refractivity contribution in [2.75, 3.05) is 0 Å². The lowest BCUT2D eigenvalue weighted by molar-refractivity contribution is 0.653. The van der Waals surface area contributed by atoms with Gasteiger partial charge in [-0.2, -0.15) is 0 Å². The summed E-state index contributed by atoms with van der Waals surface area (Å²) in [5.41, 5.74) is 16.6. The molecule has 0 unspecified atom stereocenters. The van der Waals surface area contributed by atoms with E-state index >= 15 is 0 Å². The Hall–Kier alpha value is -8.28. The number of hydrogen-bond donors (Lipinski definition) is 0. The van der Waals surface area contributed by atoms with E-state index in [1.807, 2.05) is 18.2 Å². The molecule has 0 saturated heterocycles. The van der Waals surface area contributed by atoms with E-state index in [0.717, 1.165) is 55.5 Å². The molecule has 9 aromatic carbocycles. The maximum atomic E-state index is 6.45. The SMILES string of the molecule is c1ccc2c(c1)-c1ccccc1-n1c3ccccc3c3cc4c(c-2c31)c1ccccc1n4-c1nc2c(nc1-c1ccc(-c3cccc4ccccc34)cc1)oc1ccccc12. The van der Waals surface area contributed by atoms with Gasteiger partial charge in [-0.1, -0.05) is 158 Å². The van der Waals surface area contributed by atoms with Gasteiger partial charge >= 0.3 is 0 Å². The Bertz CT molecular complexity index is 3990. The molecule has 0 atom stereocenters. The highest BCUT2D eigenvalue weighted by molar-refractivity contribution is 6.28. The molecule has 0 fully saturated rings. The van der Waals surface area contributed by atoms with Crippen molar-refractivity contribution >= 4 is 76.6 Å². The van der Waals surface area contributed by atoms with Crippen LogP contribution in [0.25, 0.3) is 133 Å². The van der Waals surface area contributed by atoms with Crippen LogP contribution in [-0.2, 0) is 0 Å². The third-order valence-electron chi connectivity index (χ3n) is 12.9. The summed E-state index contributed by atoms with van der Waals surface area (Å²) in [5.74, 6) is 0.753. The van der Waals surface area contributed by atoms with Crippen LogP contribution < -0.4 is 0 Å². The van der Waals surface area contributed by atoms with Crippen LogP contribution in [0.3, 0.4) is 0 Å². The van der Waals surface area contributed by atoms with Gasteiger partial charge in [-0.3, -0.25) is 4.57 Å². The Morgan fingerprint density at radius 3 is 1.89 bits per heavy atom. The normalized spacial score (nSPS) is 12.3. The molecule has 13 aromatic rings. The predicted octanol–water partition coefficient (Wildman–Crippen LogP) is 14.7. The number of aromatic nitrogens is 4. The van der Waals surface area contributed by atoms with Crippen molar-refractivity contribution in [3.05, 3.63) is 194 Å². The van der Waals surface area contributed by atoms with Crippen LogP contribution in [0.2, 0.25) is 0 Å².